The van der Waals surface area contributed by atoms with Crippen molar-refractivity contribution in [2.24, 2.45) is 0 Å². The van der Waals surface area contributed by atoms with E-state index >= 15 is 0 Å². The molecule has 1 saturated carbocycles. The van der Waals surface area contributed by atoms with Gasteiger partial charge in [-0.15, -0.1) is 0 Å². The molecule has 0 aromatic carbocycles. The molecule has 5 heteroatoms. The Bertz CT molecular complexity index is 473. The molecule has 0 amide bonds. The van der Waals surface area contributed by atoms with Crippen molar-refractivity contribution >= 4 is 11.8 Å². The van der Waals surface area contributed by atoms with E-state index in [1.54, 1.807) is 0 Å². The zero-order valence-electron chi connectivity index (χ0n) is 10.3. The molecule has 1 aromatic heterocycles. The van der Waals surface area contributed by atoms with Crippen LogP contribution in [0.25, 0.3) is 0 Å². The molecule has 0 atom stereocenters. The highest BCUT2D eigenvalue weighted by Crippen LogP contribution is 2.40. The zero-order valence-corrected chi connectivity index (χ0v) is 10.3. The maximum Gasteiger partial charge on any atom is 0.355 e. The van der Waals surface area contributed by atoms with Gasteiger partial charge < -0.3 is 10.8 Å². The van der Waals surface area contributed by atoms with Crippen LogP contribution in [0.5, 0.6) is 0 Å². The second kappa shape index (κ2) is 3.68. The molecule has 0 radical (unpaired) electrons. The summed E-state index contributed by atoms with van der Waals surface area (Å²) >= 11 is 0. The summed E-state index contributed by atoms with van der Waals surface area (Å²) < 4.78 is 0. The topological polar surface area (TPSA) is 89.1 Å². The van der Waals surface area contributed by atoms with Gasteiger partial charge in [-0.05, 0) is 18.3 Å². The van der Waals surface area contributed by atoms with E-state index < -0.39 is 5.97 Å². The van der Waals surface area contributed by atoms with Crippen LogP contribution in [0.2, 0.25) is 0 Å². The molecule has 0 spiro atoms. The average molecular weight is 235 g/mol. The van der Waals surface area contributed by atoms with Gasteiger partial charge in [0, 0.05) is 11.5 Å². The highest BCUT2D eigenvalue weighted by Gasteiger charge is 2.32. The van der Waals surface area contributed by atoms with Crippen LogP contribution in [0.1, 0.15) is 61.4 Å². The summed E-state index contributed by atoms with van der Waals surface area (Å²) in [5.41, 5.74) is 6.09. The number of carboxylic acid groups (broad SMARTS) is 1. The van der Waals surface area contributed by atoms with Gasteiger partial charge >= 0.3 is 5.97 Å². The molecule has 0 unspecified atom stereocenters. The Morgan fingerprint density at radius 1 is 1.35 bits per heavy atom. The Balaban J connectivity index is 2.61. The van der Waals surface area contributed by atoms with Gasteiger partial charge in [-0.25, -0.2) is 14.8 Å². The predicted molar refractivity (Wildman–Crippen MR) is 64.1 cm³/mol. The van der Waals surface area contributed by atoms with Crippen molar-refractivity contribution in [3.05, 3.63) is 17.1 Å². The predicted octanol–water partition coefficient (Wildman–Crippen LogP) is 1.93. The fraction of sp³-hybridized carbons (Fsp3) is 0.583. The molecule has 92 valence electrons. The molecule has 1 fully saturated rings. The summed E-state index contributed by atoms with van der Waals surface area (Å²) in [6.45, 7) is 5.72. The van der Waals surface area contributed by atoms with Crippen molar-refractivity contribution in [2.45, 2.75) is 44.9 Å². The molecular formula is C12H17N3O2. The highest BCUT2D eigenvalue weighted by molar-refractivity contribution is 5.89. The van der Waals surface area contributed by atoms with Crippen LogP contribution < -0.4 is 5.73 Å². The maximum absolute atomic E-state index is 11.3. The lowest BCUT2D eigenvalue weighted by atomic mass is 9.85. The van der Waals surface area contributed by atoms with E-state index in [4.69, 9.17) is 5.73 Å². The van der Waals surface area contributed by atoms with E-state index in [1.165, 1.54) is 0 Å². The third-order valence-electron chi connectivity index (χ3n) is 2.85. The van der Waals surface area contributed by atoms with Crippen LogP contribution in [0.15, 0.2) is 0 Å². The molecule has 2 rings (SSSR count). The van der Waals surface area contributed by atoms with Gasteiger partial charge in [0.2, 0.25) is 0 Å². The third-order valence-corrected chi connectivity index (χ3v) is 2.85. The van der Waals surface area contributed by atoms with Crippen LogP contribution >= 0.6 is 0 Å². The summed E-state index contributed by atoms with van der Waals surface area (Å²) in [7, 11) is 0. The fourth-order valence-electron chi connectivity index (χ4n) is 1.91. The first-order chi connectivity index (χ1) is 7.80. The molecule has 1 aliphatic rings. The monoisotopic (exact) mass is 235 g/mol. The number of hydrogen-bond acceptors (Lipinski definition) is 4. The van der Waals surface area contributed by atoms with Gasteiger partial charge in [-0.2, -0.15) is 0 Å². The minimum atomic E-state index is -1.04. The molecule has 3 N–H and O–H groups in total. The third kappa shape index (κ3) is 2.23. The highest BCUT2D eigenvalue weighted by atomic mass is 16.4. The minimum absolute atomic E-state index is 0.0481. The smallest absolute Gasteiger partial charge is 0.355 e. The number of rotatable bonds is 2. The number of nitrogen functional groups attached to an aromatic ring is 1. The lowest BCUT2D eigenvalue weighted by Crippen LogP contribution is -2.23. The summed E-state index contributed by atoms with van der Waals surface area (Å²) in [6, 6.07) is 0. The van der Waals surface area contributed by atoms with Gasteiger partial charge in [0.15, 0.2) is 5.69 Å². The van der Waals surface area contributed by atoms with E-state index in [0.29, 0.717) is 23.1 Å². The van der Waals surface area contributed by atoms with Gasteiger partial charge in [-0.1, -0.05) is 20.8 Å². The number of nitrogens with zero attached hydrogens (tertiary/aromatic N) is 2. The van der Waals surface area contributed by atoms with Crippen molar-refractivity contribution in [3.8, 4) is 0 Å². The Hall–Kier alpha value is -1.65. The average Bonchev–Trinajstić information content (AvgIpc) is 2.96. The number of nitrogens with two attached hydrogens (primary N) is 1. The van der Waals surface area contributed by atoms with E-state index in [2.05, 4.69) is 9.97 Å². The van der Waals surface area contributed by atoms with E-state index in [1.807, 2.05) is 20.8 Å². The molecule has 0 aliphatic heterocycles. The van der Waals surface area contributed by atoms with Crippen molar-refractivity contribution in [1.29, 1.82) is 0 Å². The maximum atomic E-state index is 11.3. The molecule has 5 nitrogen and oxygen atoms in total. The first kappa shape index (κ1) is 11.8. The Morgan fingerprint density at radius 2 is 1.94 bits per heavy atom. The van der Waals surface area contributed by atoms with Gasteiger partial charge in [0.25, 0.3) is 0 Å². The van der Waals surface area contributed by atoms with E-state index in [0.717, 1.165) is 12.8 Å². The summed E-state index contributed by atoms with van der Waals surface area (Å²) in [5, 5.41) is 9.23. The number of anilines is 1. The van der Waals surface area contributed by atoms with E-state index in [9.17, 15) is 9.90 Å². The van der Waals surface area contributed by atoms with Crippen LogP contribution in [-0.4, -0.2) is 21.0 Å². The van der Waals surface area contributed by atoms with Crippen LogP contribution in [0.4, 0.5) is 5.82 Å². The molecule has 1 aromatic rings. The number of aromatic nitrogens is 2. The fourth-order valence-corrected chi connectivity index (χ4v) is 1.91. The second-order valence-corrected chi connectivity index (χ2v) is 5.52. The van der Waals surface area contributed by atoms with E-state index in [-0.39, 0.29) is 11.1 Å². The summed E-state index contributed by atoms with van der Waals surface area (Å²) in [6.07, 6.45) is 2.04. The van der Waals surface area contributed by atoms with Crippen LogP contribution in [-0.2, 0) is 5.41 Å². The van der Waals surface area contributed by atoms with Gasteiger partial charge in [-0.3, -0.25) is 0 Å². The molecule has 17 heavy (non-hydrogen) atoms. The lowest BCUT2D eigenvalue weighted by molar-refractivity contribution is 0.0687. The molecule has 1 heterocycles. The number of hydrogen-bond donors (Lipinski definition) is 2. The van der Waals surface area contributed by atoms with Crippen molar-refractivity contribution in [1.82, 2.24) is 9.97 Å². The zero-order chi connectivity index (χ0) is 12.8. The first-order valence-electron chi connectivity index (χ1n) is 5.72. The van der Waals surface area contributed by atoms with Crippen molar-refractivity contribution in [2.75, 3.05) is 5.73 Å². The normalized spacial score (nSPS) is 15.9. The Kier molecular flexibility index (Phi) is 2.56. The van der Waals surface area contributed by atoms with Gasteiger partial charge in [0.1, 0.15) is 11.6 Å². The molecular weight excluding hydrogens is 218 g/mol. The minimum Gasteiger partial charge on any atom is -0.476 e. The van der Waals surface area contributed by atoms with Gasteiger partial charge in [0.05, 0.1) is 0 Å². The van der Waals surface area contributed by atoms with Crippen molar-refractivity contribution < 1.29 is 9.90 Å². The quantitative estimate of drug-likeness (QED) is 0.817. The second-order valence-electron chi connectivity index (χ2n) is 5.52. The molecule has 0 bridgehead atoms. The first-order valence-corrected chi connectivity index (χ1v) is 5.72. The summed E-state index contributed by atoms with van der Waals surface area (Å²) in [4.78, 5) is 19.7. The SMILES string of the molecule is CC(C)(C)c1c(N)nc(C2CC2)nc1C(=O)O. The molecule has 1 aliphatic carbocycles. The molecule has 0 saturated heterocycles. The lowest BCUT2D eigenvalue weighted by Gasteiger charge is -2.22. The number of carbonyl (C=O) groups is 1. The Morgan fingerprint density at radius 3 is 2.35 bits per heavy atom. The van der Waals surface area contributed by atoms with Crippen LogP contribution in [0, 0.1) is 0 Å². The van der Waals surface area contributed by atoms with Crippen molar-refractivity contribution in [3.63, 3.8) is 0 Å². The standard InChI is InChI=1S/C12H17N3O2/c1-12(2,3)7-8(11(16)17)14-10(6-4-5-6)15-9(7)13/h6H,4-5H2,1-3H3,(H,16,17)(H2,13,14,15). The van der Waals surface area contributed by atoms with Crippen LogP contribution in [0.3, 0.4) is 0 Å². The number of carboxylic acids is 1. The largest absolute Gasteiger partial charge is 0.476 e. The Labute approximate surface area is 100 Å². The summed E-state index contributed by atoms with van der Waals surface area (Å²) in [5.74, 6) is 0.134. The number of aromatic carboxylic acids is 1.